The van der Waals surface area contributed by atoms with Crippen LogP contribution in [-0.4, -0.2) is 22.6 Å². The van der Waals surface area contributed by atoms with Crippen molar-refractivity contribution in [2.45, 2.75) is 32.9 Å². The molecule has 0 fully saturated rings. The number of ether oxygens (including phenoxy) is 1. The Morgan fingerprint density at radius 3 is 2.46 bits per heavy atom. The number of nitrogens with one attached hydrogen (secondary N) is 1. The van der Waals surface area contributed by atoms with E-state index >= 15 is 0 Å². The van der Waals surface area contributed by atoms with Gasteiger partial charge in [-0.05, 0) is 51.1 Å². The summed E-state index contributed by atoms with van der Waals surface area (Å²) in [6, 6.07) is 8.08. The first-order valence-electron chi connectivity index (χ1n) is 7.24. The maximum atomic E-state index is 12.3. The first-order valence-corrected chi connectivity index (χ1v) is 7.62. The van der Waals surface area contributed by atoms with Crippen molar-refractivity contribution in [2.24, 2.45) is 0 Å². The van der Waals surface area contributed by atoms with Crippen LogP contribution in [-0.2, 0) is 11.3 Å². The van der Waals surface area contributed by atoms with E-state index in [1.165, 1.54) is 6.07 Å². The van der Waals surface area contributed by atoms with Gasteiger partial charge in [0.05, 0.1) is 6.54 Å². The summed E-state index contributed by atoms with van der Waals surface area (Å²) < 4.78 is 11.0. The van der Waals surface area contributed by atoms with Crippen LogP contribution in [0.2, 0.25) is 5.02 Å². The predicted octanol–water partition coefficient (Wildman–Crippen LogP) is 3.41. The normalized spacial score (nSPS) is 11.2. The fourth-order valence-corrected chi connectivity index (χ4v) is 2.19. The van der Waals surface area contributed by atoms with Crippen LogP contribution < -0.4 is 10.1 Å². The quantitative estimate of drug-likeness (QED) is 0.832. The molecule has 2 rings (SSSR count). The standard InChI is InChI=1S/C17H18ClNO5/c1-10-14(15(20)21)8-13(23-10)9-19-16(22)17(2,3)24-12-6-4-11(18)5-7-12/h4-8H,9H2,1-3H3,(H,19,22)(H,20,21). The summed E-state index contributed by atoms with van der Waals surface area (Å²) in [7, 11) is 0. The van der Waals surface area contributed by atoms with Crippen LogP contribution in [0.1, 0.15) is 35.7 Å². The topological polar surface area (TPSA) is 88.8 Å². The SMILES string of the molecule is Cc1oc(CNC(=O)C(C)(C)Oc2ccc(Cl)cc2)cc1C(=O)O. The Morgan fingerprint density at radius 2 is 1.92 bits per heavy atom. The lowest BCUT2D eigenvalue weighted by molar-refractivity contribution is -0.134. The molecule has 0 aliphatic carbocycles. The minimum atomic E-state index is -1.12. The summed E-state index contributed by atoms with van der Waals surface area (Å²) in [6.07, 6.45) is 0. The molecule has 0 aliphatic rings. The Balaban J connectivity index is 1.98. The fraction of sp³-hybridized carbons (Fsp3) is 0.294. The zero-order valence-electron chi connectivity index (χ0n) is 13.6. The van der Waals surface area contributed by atoms with E-state index in [1.54, 1.807) is 45.0 Å². The van der Waals surface area contributed by atoms with Gasteiger partial charge in [-0.3, -0.25) is 4.79 Å². The van der Waals surface area contributed by atoms with Crippen molar-refractivity contribution >= 4 is 23.5 Å². The lowest BCUT2D eigenvalue weighted by Gasteiger charge is -2.25. The van der Waals surface area contributed by atoms with Crippen LogP contribution in [0.15, 0.2) is 34.7 Å². The zero-order valence-corrected chi connectivity index (χ0v) is 14.3. The van der Waals surface area contributed by atoms with E-state index in [4.69, 9.17) is 25.9 Å². The molecular weight excluding hydrogens is 334 g/mol. The van der Waals surface area contributed by atoms with Gasteiger partial charge in [0.1, 0.15) is 22.8 Å². The number of carboxylic acids is 1. The number of aryl methyl sites for hydroxylation is 1. The molecule has 24 heavy (non-hydrogen) atoms. The van der Waals surface area contributed by atoms with Crippen molar-refractivity contribution in [1.82, 2.24) is 5.32 Å². The number of amides is 1. The molecule has 128 valence electrons. The van der Waals surface area contributed by atoms with Crippen LogP contribution in [0.4, 0.5) is 0 Å². The number of hydrogen-bond donors (Lipinski definition) is 2. The molecule has 0 spiro atoms. The summed E-state index contributed by atoms with van der Waals surface area (Å²) in [6.45, 7) is 4.89. The molecular formula is C17H18ClNO5. The van der Waals surface area contributed by atoms with E-state index in [2.05, 4.69) is 5.32 Å². The summed E-state index contributed by atoms with van der Waals surface area (Å²) in [5.74, 6) is -0.255. The molecule has 0 atom stereocenters. The average molecular weight is 352 g/mol. The molecule has 1 amide bonds. The molecule has 0 unspecified atom stereocenters. The summed E-state index contributed by atoms with van der Waals surface area (Å²) in [5, 5.41) is 12.2. The summed E-state index contributed by atoms with van der Waals surface area (Å²) in [5.41, 5.74) is -1.04. The van der Waals surface area contributed by atoms with Crippen LogP contribution in [0, 0.1) is 6.92 Å². The average Bonchev–Trinajstić information content (AvgIpc) is 2.88. The van der Waals surface area contributed by atoms with E-state index in [0.29, 0.717) is 22.3 Å². The van der Waals surface area contributed by atoms with E-state index in [1.807, 2.05) is 0 Å². The summed E-state index contributed by atoms with van der Waals surface area (Å²) >= 11 is 5.81. The van der Waals surface area contributed by atoms with Gasteiger partial charge in [0, 0.05) is 5.02 Å². The Kier molecular flexibility index (Phi) is 5.19. The molecule has 0 bridgehead atoms. The second-order valence-corrected chi connectivity index (χ2v) is 6.17. The molecule has 0 aliphatic heterocycles. The Morgan fingerprint density at radius 1 is 1.29 bits per heavy atom. The van der Waals surface area contributed by atoms with Crippen molar-refractivity contribution in [2.75, 3.05) is 0 Å². The van der Waals surface area contributed by atoms with Crippen molar-refractivity contribution < 1.29 is 23.8 Å². The van der Waals surface area contributed by atoms with Gasteiger partial charge in [0.15, 0.2) is 5.60 Å². The number of rotatable bonds is 6. The highest BCUT2D eigenvalue weighted by Crippen LogP contribution is 2.21. The second kappa shape index (κ2) is 6.97. The third-order valence-electron chi connectivity index (χ3n) is 3.36. The predicted molar refractivity (Wildman–Crippen MR) is 88.4 cm³/mol. The fourth-order valence-electron chi connectivity index (χ4n) is 2.07. The highest BCUT2D eigenvalue weighted by Gasteiger charge is 2.30. The van der Waals surface area contributed by atoms with Gasteiger partial charge in [0.2, 0.25) is 0 Å². The number of halogens is 1. The monoisotopic (exact) mass is 351 g/mol. The Bertz CT molecular complexity index is 749. The largest absolute Gasteiger partial charge is 0.478 e. The van der Waals surface area contributed by atoms with Gasteiger partial charge >= 0.3 is 5.97 Å². The van der Waals surface area contributed by atoms with Crippen LogP contribution in [0.25, 0.3) is 0 Å². The smallest absolute Gasteiger partial charge is 0.339 e. The van der Waals surface area contributed by atoms with Gasteiger partial charge in [-0.25, -0.2) is 4.79 Å². The molecule has 7 heteroatoms. The Labute approximate surface area is 144 Å². The minimum absolute atomic E-state index is 0.0698. The third kappa shape index (κ3) is 4.29. The summed E-state index contributed by atoms with van der Waals surface area (Å²) in [4.78, 5) is 23.3. The number of benzene rings is 1. The van der Waals surface area contributed by atoms with Crippen molar-refractivity contribution in [1.29, 1.82) is 0 Å². The number of aromatic carboxylic acids is 1. The number of carbonyl (C=O) groups excluding carboxylic acids is 1. The highest BCUT2D eigenvalue weighted by atomic mass is 35.5. The molecule has 6 nitrogen and oxygen atoms in total. The maximum Gasteiger partial charge on any atom is 0.339 e. The van der Waals surface area contributed by atoms with Crippen LogP contribution in [0.3, 0.4) is 0 Å². The van der Waals surface area contributed by atoms with Gasteiger partial charge in [-0.15, -0.1) is 0 Å². The molecule has 2 aromatic rings. The van der Waals surface area contributed by atoms with Gasteiger partial charge in [0.25, 0.3) is 5.91 Å². The Hall–Kier alpha value is -2.47. The van der Waals surface area contributed by atoms with E-state index < -0.39 is 11.6 Å². The van der Waals surface area contributed by atoms with Gasteiger partial charge < -0.3 is 19.6 Å². The van der Waals surface area contributed by atoms with Crippen LogP contribution in [0.5, 0.6) is 5.75 Å². The lowest BCUT2D eigenvalue weighted by atomic mass is 10.1. The van der Waals surface area contributed by atoms with E-state index in [-0.39, 0.29) is 18.0 Å². The van der Waals surface area contributed by atoms with Crippen molar-refractivity contribution in [3.63, 3.8) is 0 Å². The first kappa shape index (κ1) is 17.9. The number of hydrogen-bond acceptors (Lipinski definition) is 4. The zero-order chi connectivity index (χ0) is 17.9. The highest BCUT2D eigenvalue weighted by molar-refractivity contribution is 6.30. The lowest BCUT2D eigenvalue weighted by Crippen LogP contribution is -2.46. The second-order valence-electron chi connectivity index (χ2n) is 5.74. The van der Waals surface area contributed by atoms with Crippen LogP contribution >= 0.6 is 11.6 Å². The first-order chi connectivity index (χ1) is 11.2. The molecule has 1 aromatic carbocycles. The molecule has 2 N–H and O–H groups in total. The molecule has 0 saturated heterocycles. The van der Waals surface area contributed by atoms with Crippen molar-refractivity contribution in [3.05, 3.63) is 52.4 Å². The molecule has 0 radical (unpaired) electrons. The molecule has 0 saturated carbocycles. The van der Waals surface area contributed by atoms with Gasteiger partial charge in [-0.1, -0.05) is 11.6 Å². The minimum Gasteiger partial charge on any atom is -0.478 e. The maximum absolute atomic E-state index is 12.3. The van der Waals surface area contributed by atoms with Crippen molar-refractivity contribution in [3.8, 4) is 5.75 Å². The molecule has 1 heterocycles. The van der Waals surface area contributed by atoms with E-state index in [9.17, 15) is 9.59 Å². The van der Waals surface area contributed by atoms with E-state index in [0.717, 1.165) is 0 Å². The number of carboxylic acid groups (broad SMARTS) is 1. The third-order valence-corrected chi connectivity index (χ3v) is 3.61. The molecule has 1 aromatic heterocycles. The number of furan rings is 1. The van der Waals surface area contributed by atoms with Gasteiger partial charge in [-0.2, -0.15) is 0 Å². The number of carbonyl (C=O) groups is 2.